The molecule has 0 radical (unpaired) electrons. The number of rotatable bonds is 8. The summed E-state index contributed by atoms with van der Waals surface area (Å²) in [5, 5.41) is 0. The van der Waals surface area contributed by atoms with E-state index >= 15 is 0 Å². The SMILES string of the molecule is CCCCOCCN(C)C1(CN)CCCCCC1. The van der Waals surface area contributed by atoms with Crippen molar-refractivity contribution in [1.29, 1.82) is 0 Å². The Bertz CT molecular complexity index is 201. The van der Waals surface area contributed by atoms with Gasteiger partial charge in [-0.25, -0.2) is 0 Å². The molecule has 0 amide bonds. The van der Waals surface area contributed by atoms with E-state index in [1.807, 2.05) is 0 Å². The Balaban J connectivity index is 2.33. The molecule has 1 aliphatic rings. The molecule has 18 heavy (non-hydrogen) atoms. The van der Waals surface area contributed by atoms with Gasteiger partial charge in [0.2, 0.25) is 0 Å². The maximum absolute atomic E-state index is 6.08. The lowest BCUT2D eigenvalue weighted by Crippen LogP contribution is -2.52. The van der Waals surface area contributed by atoms with Crippen LogP contribution in [0.1, 0.15) is 58.3 Å². The number of nitrogens with two attached hydrogens (primary N) is 1. The van der Waals surface area contributed by atoms with Gasteiger partial charge in [0.15, 0.2) is 0 Å². The van der Waals surface area contributed by atoms with Gasteiger partial charge >= 0.3 is 0 Å². The van der Waals surface area contributed by atoms with Gasteiger partial charge < -0.3 is 10.5 Å². The highest BCUT2D eigenvalue weighted by atomic mass is 16.5. The Morgan fingerprint density at radius 3 is 2.33 bits per heavy atom. The highest BCUT2D eigenvalue weighted by Crippen LogP contribution is 2.30. The molecular weight excluding hydrogens is 224 g/mol. The van der Waals surface area contributed by atoms with Crippen molar-refractivity contribution in [2.24, 2.45) is 5.73 Å². The van der Waals surface area contributed by atoms with E-state index in [0.717, 1.165) is 26.3 Å². The van der Waals surface area contributed by atoms with Crippen LogP contribution in [-0.4, -0.2) is 43.8 Å². The van der Waals surface area contributed by atoms with Gasteiger partial charge in [0.05, 0.1) is 6.61 Å². The van der Waals surface area contributed by atoms with Crippen LogP contribution in [0.5, 0.6) is 0 Å². The fraction of sp³-hybridized carbons (Fsp3) is 1.00. The average Bonchev–Trinajstić information content (AvgIpc) is 2.64. The second-order valence-corrected chi connectivity index (χ2v) is 5.73. The van der Waals surface area contributed by atoms with E-state index in [1.54, 1.807) is 0 Å². The van der Waals surface area contributed by atoms with Crippen molar-refractivity contribution in [3.63, 3.8) is 0 Å². The minimum absolute atomic E-state index is 0.241. The summed E-state index contributed by atoms with van der Waals surface area (Å²) in [6, 6.07) is 0. The Kier molecular flexibility index (Phi) is 7.87. The van der Waals surface area contributed by atoms with Gasteiger partial charge in [-0.1, -0.05) is 39.0 Å². The predicted molar refractivity (Wildman–Crippen MR) is 77.8 cm³/mol. The fourth-order valence-electron chi connectivity index (χ4n) is 2.92. The second-order valence-electron chi connectivity index (χ2n) is 5.73. The van der Waals surface area contributed by atoms with Crippen LogP contribution >= 0.6 is 0 Å². The van der Waals surface area contributed by atoms with Gasteiger partial charge in [-0.3, -0.25) is 4.90 Å². The molecule has 1 aliphatic carbocycles. The zero-order chi connectivity index (χ0) is 13.3. The summed E-state index contributed by atoms with van der Waals surface area (Å²) >= 11 is 0. The maximum atomic E-state index is 6.08. The summed E-state index contributed by atoms with van der Waals surface area (Å²) in [6.45, 7) is 5.75. The molecule has 3 heteroatoms. The first-order valence-electron chi connectivity index (χ1n) is 7.74. The van der Waals surface area contributed by atoms with Crippen molar-refractivity contribution < 1.29 is 4.74 Å². The largest absolute Gasteiger partial charge is 0.380 e. The Morgan fingerprint density at radius 1 is 1.11 bits per heavy atom. The molecule has 1 fully saturated rings. The number of likely N-dealkylation sites (N-methyl/N-ethyl adjacent to an activating group) is 1. The van der Waals surface area contributed by atoms with Gasteiger partial charge in [0.1, 0.15) is 0 Å². The summed E-state index contributed by atoms with van der Waals surface area (Å²) in [7, 11) is 2.22. The quantitative estimate of drug-likeness (QED) is 0.536. The fourth-order valence-corrected chi connectivity index (χ4v) is 2.92. The molecule has 0 aromatic heterocycles. The van der Waals surface area contributed by atoms with E-state index in [4.69, 9.17) is 10.5 Å². The van der Waals surface area contributed by atoms with Crippen LogP contribution in [0.15, 0.2) is 0 Å². The zero-order valence-corrected chi connectivity index (χ0v) is 12.4. The van der Waals surface area contributed by atoms with E-state index in [2.05, 4.69) is 18.9 Å². The lowest BCUT2D eigenvalue weighted by atomic mass is 9.88. The van der Waals surface area contributed by atoms with Crippen LogP contribution in [0.2, 0.25) is 0 Å². The van der Waals surface area contributed by atoms with Crippen molar-refractivity contribution in [3.8, 4) is 0 Å². The molecular formula is C15H32N2O. The third kappa shape index (κ3) is 4.87. The van der Waals surface area contributed by atoms with Gasteiger partial charge in [0, 0.05) is 25.2 Å². The van der Waals surface area contributed by atoms with E-state index in [-0.39, 0.29) is 5.54 Å². The standard InChI is InChI=1S/C15H32N2O/c1-3-4-12-18-13-11-17(2)15(14-16)9-7-5-6-8-10-15/h3-14,16H2,1-2H3. The predicted octanol–water partition coefficient (Wildman–Crippen LogP) is 2.79. The molecule has 0 atom stereocenters. The lowest BCUT2D eigenvalue weighted by Gasteiger charge is -2.41. The maximum Gasteiger partial charge on any atom is 0.0593 e. The normalized spacial score (nSPS) is 20.0. The van der Waals surface area contributed by atoms with Crippen LogP contribution < -0.4 is 5.73 Å². The number of unbranched alkanes of at least 4 members (excludes halogenated alkanes) is 1. The summed E-state index contributed by atoms with van der Waals surface area (Å²) in [5.41, 5.74) is 6.32. The van der Waals surface area contributed by atoms with E-state index in [1.165, 1.54) is 51.4 Å². The Labute approximate surface area is 113 Å². The molecule has 1 saturated carbocycles. The second kappa shape index (κ2) is 8.89. The number of nitrogens with zero attached hydrogens (tertiary/aromatic N) is 1. The Hall–Kier alpha value is -0.120. The summed E-state index contributed by atoms with van der Waals surface area (Å²) in [4.78, 5) is 2.46. The van der Waals surface area contributed by atoms with Crippen LogP contribution in [0.4, 0.5) is 0 Å². The molecule has 0 heterocycles. The highest BCUT2D eigenvalue weighted by Gasteiger charge is 2.33. The van der Waals surface area contributed by atoms with Crippen LogP contribution in [0, 0.1) is 0 Å². The first-order chi connectivity index (χ1) is 8.75. The molecule has 0 aliphatic heterocycles. The monoisotopic (exact) mass is 256 g/mol. The highest BCUT2D eigenvalue weighted by molar-refractivity contribution is 4.91. The van der Waals surface area contributed by atoms with Crippen LogP contribution in [0.25, 0.3) is 0 Å². The minimum atomic E-state index is 0.241. The first-order valence-corrected chi connectivity index (χ1v) is 7.74. The van der Waals surface area contributed by atoms with Crippen LogP contribution in [-0.2, 0) is 4.74 Å². The summed E-state index contributed by atoms with van der Waals surface area (Å²) in [6.07, 6.45) is 10.3. The molecule has 0 aromatic carbocycles. The smallest absolute Gasteiger partial charge is 0.0593 e. The number of hydrogen-bond donors (Lipinski definition) is 1. The molecule has 3 nitrogen and oxygen atoms in total. The lowest BCUT2D eigenvalue weighted by molar-refractivity contribution is 0.0536. The molecule has 0 spiro atoms. The van der Waals surface area contributed by atoms with E-state index < -0.39 is 0 Å². The van der Waals surface area contributed by atoms with E-state index in [0.29, 0.717) is 0 Å². The van der Waals surface area contributed by atoms with Gasteiger partial charge in [-0.15, -0.1) is 0 Å². The summed E-state index contributed by atoms with van der Waals surface area (Å²) in [5.74, 6) is 0. The number of hydrogen-bond acceptors (Lipinski definition) is 3. The summed E-state index contributed by atoms with van der Waals surface area (Å²) < 4.78 is 5.67. The van der Waals surface area contributed by atoms with Gasteiger partial charge in [-0.2, -0.15) is 0 Å². The minimum Gasteiger partial charge on any atom is -0.380 e. The molecule has 0 bridgehead atoms. The van der Waals surface area contributed by atoms with Crippen molar-refractivity contribution in [3.05, 3.63) is 0 Å². The van der Waals surface area contributed by atoms with Crippen molar-refractivity contribution in [1.82, 2.24) is 4.90 Å². The van der Waals surface area contributed by atoms with E-state index in [9.17, 15) is 0 Å². The first kappa shape index (κ1) is 15.9. The molecule has 0 aromatic rings. The van der Waals surface area contributed by atoms with Gasteiger partial charge in [-0.05, 0) is 26.3 Å². The topological polar surface area (TPSA) is 38.5 Å². The van der Waals surface area contributed by atoms with Gasteiger partial charge in [0.25, 0.3) is 0 Å². The third-order valence-corrected chi connectivity index (χ3v) is 4.44. The van der Waals surface area contributed by atoms with Crippen molar-refractivity contribution in [2.45, 2.75) is 63.8 Å². The molecule has 0 saturated heterocycles. The Morgan fingerprint density at radius 2 is 1.78 bits per heavy atom. The number of ether oxygens (including phenoxy) is 1. The molecule has 0 unspecified atom stereocenters. The average molecular weight is 256 g/mol. The molecule has 2 N–H and O–H groups in total. The van der Waals surface area contributed by atoms with Crippen molar-refractivity contribution in [2.75, 3.05) is 33.4 Å². The zero-order valence-electron chi connectivity index (χ0n) is 12.4. The molecule has 108 valence electrons. The molecule has 1 rings (SSSR count). The van der Waals surface area contributed by atoms with Crippen molar-refractivity contribution >= 4 is 0 Å². The van der Waals surface area contributed by atoms with Crippen LogP contribution in [0.3, 0.4) is 0 Å². The third-order valence-electron chi connectivity index (χ3n) is 4.44.